The summed E-state index contributed by atoms with van der Waals surface area (Å²) in [5.74, 6) is 1.00. The van der Waals surface area contributed by atoms with Gasteiger partial charge in [0.25, 0.3) is 0 Å². The average molecular weight is 433 g/mol. The highest BCUT2D eigenvalue weighted by Crippen LogP contribution is 2.27. The van der Waals surface area contributed by atoms with Crippen LogP contribution in [-0.4, -0.2) is 23.3 Å². The van der Waals surface area contributed by atoms with Gasteiger partial charge in [-0.05, 0) is 75.1 Å². The molecule has 2 aromatic carbocycles. The first-order chi connectivity index (χ1) is 13.7. The molecule has 6 heteroatoms. The maximum Gasteiger partial charge on any atom is 0.234 e. The molecule has 0 unspecified atom stereocenters. The van der Waals surface area contributed by atoms with Gasteiger partial charge >= 0.3 is 0 Å². The third-order valence-corrected chi connectivity index (χ3v) is 5.91. The molecule has 2 N–H and O–H groups in total. The van der Waals surface area contributed by atoms with Gasteiger partial charge in [-0.2, -0.15) is 11.8 Å². The molecule has 0 saturated carbocycles. The van der Waals surface area contributed by atoms with Crippen LogP contribution >= 0.6 is 23.4 Å². The van der Waals surface area contributed by atoms with E-state index in [1.54, 1.807) is 0 Å². The predicted octanol–water partition coefficient (Wildman–Crippen LogP) is 5.97. The van der Waals surface area contributed by atoms with Crippen LogP contribution in [0.15, 0.2) is 24.3 Å². The molecule has 0 saturated heterocycles. The zero-order valence-electron chi connectivity index (χ0n) is 17.7. The molecule has 0 radical (unpaired) electrons. The number of thioether (sulfide) groups is 1. The van der Waals surface area contributed by atoms with Crippen molar-refractivity contribution in [2.24, 2.45) is 0 Å². The van der Waals surface area contributed by atoms with Gasteiger partial charge < -0.3 is 10.6 Å². The van der Waals surface area contributed by atoms with Crippen molar-refractivity contribution in [3.8, 4) is 0 Å². The van der Waals surface area contributed by atoms with Crippen molar-refractivity contribution in [1.82, 2.24) is 0 Å². The first-order valence-corrected chi connectivity index (χ1v) is 11.2. The van der Waals surface area contributed by atoms with Gasteiger partial charge in [0.15, 0.2) is 0 Å². The van der Waals surface area contributed by atoms with Gasteiger partial charge in [0, 0.05) is 12.1 Å². The van der Waals surface area contributed by atoms with Crippen molar-refractivity contribution < 1.29 is 9.59 Å². The SMILES string of the molecule is Cc1cc(C)c(NC(=O)CCCSCC(=O)Nc2c(C)cc(C)cc2Cl)c(C)c1. The first kappa shape index (κ1) is 23.3. The second kappa shape index (κ2) is 10.7. The summed E-state index contributed by atoms with van der Waals surface area (Å²) < 4.78 is 0. The molecule has 2 rings (SSSR count). The molecule has 0 aliphatic carbocycles. The molecule has 2 aromatic rings. The van der Waals surface area contributed by atoms with Gasteiger partial charge in [-0.1, -0.05) is 35.4 Å². The van der Waals surface area contributed by atoms with Gasteiger partial charge in [-0.15, -0.1) is 0 Å². The molecule has 0 spiro atoms. The largest absolute Gasteiger partial charge is 0.326 e. The maximum atomic E-state index is 12.2. The van der Waals surface area contributed by atoms with E-state index in [4.69, 9.17) is 11.6 Å². The van der Waals surface area contributed by atoms with Crippen LogP contribution in [0, 0.1) is 34.6 Å². The summed E-state index contributed by atoms with van der Waals surface area (Å²) in [7, 11) is 0. The molecule has 0 aliphatic heterocycles. The van der Waals surface area contributed by atoms with Crippen LogP contribution in [0.1, 0.15) is 40.7 Å². The van der Waals surface area contributed by atoms with E-state index in [1.807, 2.05) is 46.8 Å². The molecule has 0 bridgehead atoms. The lowest BCUT2D eigenvalue weighted by atomic mass is 10.0. The quantitative estimate of drug-likeness (QED) is 0.505. The van der Waals surface area contributed by atoms with Crippen LogP contribution in [-0.2, 0) is 9.59 Å². The maximum absolute atomic E-state index is 12.2. The van der Waals surface area contributed by atoms with Crippen LogP contribution in [0.3, 0.4) is 0 Å². The number of anilines is 2. The number of halogens is 1. The second-order valence-corrected chi connectivity index (χ2v) is 8.98. The minimum absolute atomic E-state index is 0.00664. The smallest absolute Gasteiger partial charge is 0.234 e. The summed E-state index contributed by atoms with van der Waals surface area (Å²) in [5, 5.41) is 6.45. The molecule has 0 aliphatic rings. The van der Waals surface area contributed by atoms with Crippen molar-refractivity contribution in [3.05, 3.63) is 57.1 Å². The Hall–Kier alpha value is -1.98. The number of hydrogen-bond donors (Lipinski definition) is 2. The van der Waals surface area contributed by atoms with Gasteiger partial charge in [-0.3, -0.25) is 9.59 Å². The third-order valence-electron chi connectivity index (χ3n) is 4.56. The Morgan fingerprint density at radius 2 is 1.34 bits per heavy atom. The van der Waals surface area contributed by atoms with Crippen molar-refractivity contribution in [3.63, 3.8) is 0 Å². The number of hydrogen-bond acceptors (Lipinski definition) is 3. The highest BCUT2D eigenvalue weighted by atomic mass is 35.5. The molecule has 2 amide bonds. The van der Waals surface area contributed by atoms with E-state index in [9.17, 15) is 9.59 Å². The number of amides is 2. The zero-order valence-corrected chi connectivity index (χ0v) is 19.3. The molecule has 0 aromatic heterocycles. The summed E-state index contributed by atoms with van der Waals surface area (Å²) >= 11 is 7.75. The molecule has 0 fully saturated rings. The van der Waals surface area contributed by atoms with E-state index in [0.29, 0.717) is 22.9 Å². The predicted molar refractivity (Wildman–Crippen MR) is 125 cm³/mol. The summed E-state index contributed by atoms with van der Waals surface area (Å²) in [6.45, 7) is 9.96. The minimum Gasteiger partial charge on any atom is -0.326 e. The number of carbonyl (C=O) groups is 2. The van der Waals surface area contributed by atoms with Crippen molar-refractivity contribution in [1.29, 1.82) is 0 Å². The molecule has 0 heterocycles. The van der Waals surface area contributed by atoms with E-state index >= 15 is 0 Å². The van der Waals surface area contributed by atoms with Crippen molar-refractivity contribution in [2.75, 3.05) is 22.1 Å². The standard InChI is InChI=1S/C23H29ClN2O2S/c1-14-9-16(3)22(17(4)10-14)25-20(27)7-6-8-29-13-21(28)26-23-18(5)11-15(2)12-19(23)24/h9-12H,6-8,13H2,1-5H3,(H,25,27)(H,26,28). The van der Waals surface area contributed by atoms with Crippen LogP contribution in [0.5, 0.6) is 0 Å². The first-order valence-electron chi connectivity index (χ1n) is 9.69. The lowest BCUT2D eigenvalue weighted by Gasteiger charge is -2.13. The zero-order chi connectivity index (χ0) is 21.6. The van der Waals surface area contributed by atoms with E-state index in [-0.39, 0.29) is 11.8 Å². The highest BCUT2D eigenvalue weighted by molar-refractivity contribution is 7.99. The summed E-state index contributed by atoms with van der Waals surface area (Å²) in [5.41, 5.74) is 6.93. The van der Waals surface area contributed by atoms with E-state index < -0.39 is 0 Å². The monoisotopic (exact) mass is 432 g/mol. The third kappa shape index (κ3) is 7.09. The molecule has 4 nitrogen and oxygen atoms in total. The van der Waals surface area contributed by atoms with Crippen molar-refractivity contribution in [2.45, 2.75) is 47.5 Å². The van der Waals surface area contributed by atoms with Crippen LogP contribution < -0.4 is 10.6 Å². The molecule has 156 valence electrons. The number of benzene rings is 2. The summed E-state index contributed by atoms with van der Waals surface area (Å²) in [6, 6.07) is 7.97. The Balaban J connectivity index is 1.72. The van der Waals surface area contributed by atoms with Gasteiger partial charge in [0.1, 0.15) is 0 Å². The fraction of sp³-hybridized carbons (Fsp3) is 0.391. The lowest BCUT2D eigenvalue weighted by Crippen LogP contribution is -2.16. The summed E-state index contributed by atoms with van der Waals surface area (Å²) in [6.07, 6.45) is 1.16. The lowest BCUT2D eigenvalue weighted by molar-refractivity contribution is -0.116. The van der Waals surface area contributed by atoms with Crippen LogP contribution in [0.4, 0.5) is 11.4 Å². The summed E-state index contributed by atoms with van der Waals surface area (Å²) in [4.78, 5) is 24.4. The van der Waals surface area contributed by atoms with Gasteiger partial charge in [-0.25, -0.2) is 0 Å². The number of carbonyl (C=O) groups excluding carboxylic acids is 2. The topological polar surface area (TPSA) is 58.2 Å². The second-order valence-electron chi connectivity index (χ2n) is 7.46. The number of nitrogens with one attached hydrogen (secondary N) is 2. The van der Waals surface area contributed by atoms with Crippen LogP contribution in [0.2, 0.25) is 5.02 Å². The van der Waals surface area contributed by atoms with Gasteiger partial charge in [0.05, 0.1) is 16.5 Å². The Morgan fingerprint density at radius 1 is 0.828 bits per heavy atom. The Labute approximate surface area is 182 Å². The minimum atomic E-state index is -0.0841. The van der Waals surface area contributed by atoms with Crippen molar-refractivity contribution >= 4 is 46.6 Å². The molecular weight excluding hydrogens is 404 g/mol. The normalized spacial score (nSPS) is 10.7. The number of aryl methyl sites for hydroxylation is 5. The fourth-order valence-corrected chi connectivity index (χ4v) is 4.45. The Kier molecular flexibility index (Phi) is 8.60. The van der Waals surface area contributed by atoms with E-state index in [2.05, 4.69) is 22.8 Å². The fourth-order valence-electron chi connectivity index (χ4n) is 3.33. The average Bonchev–Trinajstić information content (AvgIpc) is 2.61. The van der Waals surface area contributed by atoms with Crippen LogP contribution in [0.25, 0.3) is 0 Å². The molecule has 0 atom stereocenters. The highest BCUT2D eigenvalue weighted by Gasteiger charge is 2.11. The molecule has 29 heavy (non-hydrogen) atoms. The Morgan fingerprint density at radius 3 is 1.93 bits per heavy atom. The number of rotatable bonds is 8. The Bertz CT molecular complexity index is 792. The molecular formula is C23H29ClN2O2S. The van der Waals surface area contributed by atoms with E-state index in [0.717, 1.165) is 40.1 Å². The van der Waals surface area contributed by atoms with Gasteiger partial charge in [0.2, 0.25) is 11.8 Å². The van der Waals surface area contributed by atoms with E-state index in [1.165, 1.54) is 17.3 Å².